The molecule has 0 saturated carbocycles. The Labute approximate surface area is 348 Å². The average molecular weight is 827 g/mol. The number of aromatic hydroxyl groups is 1. The average Bonchev–Trinajstić information content (AvgIpc) is 3.58. The number of esters is 1. The number of phenols is 1. The Balaban J connectivity index is 1.27. The van der Waals surface area contributed by atoms with Crippen molar-refractivity contribution in [1.82, 2.24) is 5.32 Å². The summed E-state index contributed by atoms with van der Waals surface area (Å²) in [5.74, 6) is -2.58. The highest BCUT2D eigenvalue weighted by atomic mass is 32.2. The van der Waals surface area contributed by atoms with Gasteiger partial charge in [0.1, 0.15) is 27.4 Å². The molecule has 0 fully saturated rings. The maximum absolute atomic E-state index is 14.3. The monoisotopic (exact) mass is 826 g/mol. The second kappa shape index (κ2) is 19.3. The largest absolute Gasteiger partial charge is 0.508 e. The van der Waals surface area contributed by atoms with E-state index in [9.17, 15) is 29.1 Å². The molecule has 0 bridgehead atoms. The molecule has 1 aromatic heterocycles. The van der Waals surface area contributed by atoms with Crippen LogP contribution in [0.25, 0.3) is 6.08 Å². The molecule has 1 unspecified atom stereocenters. The van der Waals surface area contributed by atoms with Gasteiger partial charge in [-0.2, -0.15) is 0 Å². The zero-order valence-electron chi connectivity index (χ0n) is 32.0. The van der Waals surface area contributed by atoms with E-state index in [2.05, 4.69) is 21.3 Å². The number of anilines is 3. The van der Waals surface area contributed by atoms with Crippen LogP contribution in [-0.2, 0) is 14.3 Å². The third-order valence-electron chi connectivity index (χ3n) is 8.74. The number of ether oxygens (including phenoxy) is 2. The number of thiophene rings is 1. The van der Waals surface area contributed by atoms with Crippen LogP contribution in [0.1, 0.15) is 52.3 Å². The molecule has 5 N–H and O–H groups in total. The molecule has 298 valence electrons. The van der Waals surface area contributed by atoms with Gasteiger partial charge in [0.05, 0.1) is 24.7 Å². The standard InChI is InChI=1S/C45H38N4O8S2/c1-27-37(45(55)57-3)44(59-38(27)42(53)46-31-18-11-6-12-19-31)49-43(54)39(28-14-7-4-8-15-28)58-34-21-13-20-32(25-34)47-41(52)35(48-40(51)29-16-9-5-10-17-29)24-30-22-23-33(50)26-36(30)56-2/h4-26,39,50H,1-3H3,(H,46,53)(H,47,52)(H,48,51)(H,49,54)/b35-24+. The number of benzene rings is 5. The van der Waals surface area contributed by atoms with Crippen molar-refractivity contribution in [2.24, 2.45) is 0 Å². The number of carbonyl (C=O) groups excluding carboxylic acids is 5. The predicted octanol–water partition coefficient (Wildman–Crippen LogP) is 8.69. The molecular formula is C45H38N4O8S2. The van der Waals surface area contributed by atoms with Crippen molar-refractivity contribution in [2.75, 3.05) is 30.2 Å². The number of methoxy groups -OCH3 is 2. The van der Waals surface area contributed by atoms with Crippen LogP contribution in [0.15, 0.2) is 144 Å². The highest BCUT2D eigenvalue weighted by molar-refractivity contribution is 8.00. The number of phenolic OH excluding ortho intramolecular Hbond substituents is 1. The normalized spacial score (nSPS) is 11.5. The summed E-state index contributed by atoms with van der Waals surface area (Å²) < 4.78 is 10.4. The van der Waals surface area contributed by atoms with Gasteiger partial charge in [-0.1, -0.05) is 72.8 Å². The van der Waals surface area contributed by atoms with Gasteiger partial charge in [0.2, 0.25) is 5.91 Å². The highest BCUT2D eigenvalue weighted by Gasteiger charge is 2.30. The van der Waals surface area contributed by atoms with E-state index in [1.165, 1.54) is 44.2 Å². The third kappa shape index (κ3) is 10.4. The van der Waals surface area contributed by atoms with E-state index >= 15 is 0 Å². The van der Waals surface area contributed by atoms with Crippen LogP contribution in [-0.4, -0.2) is 48.9 Å². The molecule has 6 aromatic rings. The number of thioether (sulfide) groups is 1. The van der Waals surface area contributed by atoms with Crippen LogP contribution in [0, 0.1) is 6.92 Å². The van der Waals surface area contributed by atoms with Crippen LogP contribution in [0.3, 0.4) is 0 Å². The van der Waals surface area contributed by atoms with Gasteiger partial charge in [0.25, 0.3) is 17.7 Å². The van der Waals surface area contributed by atoms with E-state index in [1.54, 1.807) is 116 Å². The van der Waals surface area contributed by atoms with Crippen molar-refractivity contribution >= 4 is 75.1 Å². The summed E-state index contributed by atoms with van der Waals surface area (Å²) in [5, 5.41) is 20.5. The second-order valence-electron chi connectivity index (χ2n) is 12.8. The minimum absolute atomic E-state index is 0.0412. The summed E-state index contributed by atoms with van der Waals surface area (Å²) in [6.07, 6.45) is 1.44. The molecule has 0 aliphatic carbocycles. The van der Waals surface area contributed by atoms with Crippen molar-refractivity contribution in [3.63, 3.8) is 0 Å². The Morgan fingerprint density at radius 1 is 0.729 bits per heavy atom. The molecule has 59 heavy (non-hydrogen) atoms. The van der Waals surface area contributed by atoms with Crippen molar-refractivity contribution < 1.29 is 38.6 Å². The zero-order valence-corrected chi connectivity index (χ0v) is 33.6. The molecule has 12 nitrogen and oxygen atoms in total. The zero-order chi connectivity index (χ0) is 41.9. The molecule has 0 spiro atoms. The first-order chi connectivity index (χ1) is 28.5. The van der Waals surface area contributed by atoms with Crippen molar-refractivity contribution in [1.29, 1.82) is 0 Å². The quantitative estimate of drug-likeness (QED) is 0.0409. The predicted molar refractivity (Wildman–Crippen MR) is 230 cm³/mol. The number of carbonyl (C=O) groups is 5. The molecule has 4 amide bonds. The Bertz CT molecular complexity index is 2530. The summed E-state index contributed by atoms with van der Waals surface area (Å²) in [6.45, 7) is 1.62. The van der Waals surface area contributed by atoms with Crippen molar-refractivity contribution in [3.8, 4) is 11.5 Å². The molecule has 6 rings (SSSR count). The van der Waals surface area contributed by atoms with E-state index in [0.29, 0.717) is 38.5 Å². The molecule has 0 saturated heterocycles. The first-order valence-electron chi connectivity index (χ1n) is 18.0. The van der Waals surface area contributed by atoms with E-state index in [0.717, 1.165) is 11.3 Å². The molecule has 0 radical (unpaired) electrons. The minimum Gasteiger partial charge on any atom is -0.508 e. The Morgan fingerprint density at radius 2 is 1.39 bits per heavy atom. The smallest absolute Gasteiger partial charge is 0.341 e. The number of nitrogens with one attached hydrogen (secondary N) is 4. The summed E-state index contributed by atoms with van der Waals surface area (Å²) in [4.78, 5) is 68.6. The lowest BCUT2D eigenvalue weighted by Gasteiger charge is -2.18. The van der Waals surface area contributed by atoms with E-state index in [-0.39, 0.29) is 32.6 Å². The number of hydrogen-bond acceptors (Lipinski definition) is 10. The van der Waals surface area contributed by atoms with Crippen molar-refractivity contribution in [2.45, 2.75) is 17.1 Å². The lowest BCUT2D eigenvalue weighted by molar-refractivity contribution is -0.116. The first kappa shape index (κ1) is 41.5. The molecule has 5 aromatic carbocycles. The SMILES string of the molecule is COC(=O)c1c(NC(=O)C(Sc2cccc(NC(=O)/C(=C\c3ccc(O)cc3OC)NC(=O)c3ccccc3)c2)c2ccccc2)sc(C(=O)Nc2ccccc2)c1C. The van der Waals surface area contributed by atoms with E-state index in [1.807, 2.05) is 12.1 Å². The fourth-order valence-corrected chi connectivity index (χ4v) is 8.03. The van der Waals surface area contributed by atoms with Gasteiger partial charge in [-0.15, -0.1) is 23.1 Å². The fourth-order valence-electron chi connectivity index (χ4n) is 5.85. The number of amides is 4. The summed E-state index contributed by atoms with van der Waals surface area (Å²) in [6, 6.07) is 37.5. The van der Waals surface area contributed by atoms with Gasteiger partial charge in [-0.25, -0.2) is 4.79 Å². The highest BCUT2D eigenvalue weighted by Crippen LogP contribution is 2.40. The van der Waals surface area contributed by atoms with Gasteiger partial charge in [-0.3, -0.25) is 19.2 Å². The van der Waals surface area contributed by atoms with Crippen LogP contribution in [0.4, 0.5) is 16.4 Å². The summed E-state index contributed by atoms with van der Waals surface area (Å²) >= 11 is 2.16. The van der Waals surface area contributed by atoms with Crippen LogP contribution in [0.2, 0.25) is 0 Å². The molecule has 0 aliphatic rings. The van der Waals surface area contributed by atoms with Gasteiger partial charge < -0.3 is 35.8 Å². The molecule has 1 atom stereocenters. The van der Waals surface area contributed by atoms with Crippen molar-refractivity contribution in [3.05, 3.63) is 172 Å². The maximum Gasteiger partial charge on any atom is 0.341 e. The molecule has 14 heteroatoms. The van der Waals surface area contributed by atoms with Gasteiger partial charge >= 0.3 is 5.97 Å². The van der Waals surface area contributed by atoms with Crippen LogP contribution in [0.5, 0.6) is 11.5 Å². The topological polar surface area (TPSA) is 172 Å². The lowest BCUT2D eigenvalue weighted by atomic mass is 10.1. The summed E-state index contributed by atoms with van der Waals surface area (Å²) in [5.41, 5.74) is 2.65. The Kier molecular flexibility index (Phi) is 13.6. The third-order valence-corrected chi connectivity index (χ3v) is 11.2. The fraction of sp³-hybridized carbons (Fsp3) is 0.0889. The van der Waals surface area contributed by atoms with Gasteiger partial charge in [0.15, 0.2) is 0 Å². The van der Waals surface area contributed by atoms with E-state index < -0.39 is 34.8 Å². The number of para-hydroxylation sites is 1. The minimum atomic E-state index is -0.862. The lowest BCUT2D eigenvalue weighted by Crippen LogP contribution is -2.30. The second-order valence-corrected chi connectivity index (χ2v) is 15.0. The molecule has 0 aliphatic heterocycles. The molecule has 1 heterocycles. The first-order valence-corrected chi connectivity index (χ1v) is 19.7. The van der Waals surface area contributed by atoms with Gasteiger partial charge in [0, 0.05) is 33.5 Å². The van der Waals surface area contributed by atoms with Crippen LogP contribution >= 0.6 is 23.1 Å². The number of rotatable bonds is 14. The Morgan fingerprint density at radius 3 is 2.07 bits per heavy atom. The van der Waals surface area contributed by atoms with Gasteiger partial charge in [-0.05, 0) is 78.7 Å². The molecular weight excluding hydrogens is 789 g/mol. The van der Waals surface area contributed by atoms with Crippen LogP contribution < -0.4 is 26.0 Å². The Hall–Kier alpha value is -7.16. The number of hydrogen-bond donors (Lipinski definition) is 5. The maximum atomic E-state index is 14.3. The summed E-state index contributed by atoms with van der Waals surface area (Å²) in [7, 11) is 2.65. The van der Waals surface area contributed by atoms with E-state index in [4.69, 9.17) is 9.47 Å².